The van der Waals surface area contributed by atoms with Crippen molar-refractivity contribution in [3.05, 3.63) is 62.1 Å². The molecule has 0 saturated carbocycles. The number of nitro benzene ring substituents is 1. The van der Waals surface area contributed by atoms with Gasteiger partial charge in [0.1, 0.15) is 5.69 Å². The number of benzene rings is 2. The topological polar surface area (TPSA) is 102 Å². The normalized spacial score (nSPS) is 10.2. The van der Waals surface area contributed by atoms with Gasteiger partial charge in [0, 0.05) is 25.2 Å². The van der Waals surface area contributed by atoms with E-state index < -0.39 is 23.4 Å². The van der Waals surface area contributed by atoms with Crippen LogP contribution in [0.25, 0.3) is 0 Å². The number of nitro groups is 1. The highest BCUT2D eigenvalue weighted by molar-refractivity contribution is 6.35. The highest BCUT2D eigenvalue weighted by atomic mass is 35.5. The first-order chi connectivity index (χ1) is 12.7. The van der Waals surface area contributed by atoms with Gasteiger partial charge in [-0.1, -0.05) is 23.2 Å². The molecule has 10 heteroatoms. The van der Waals surface area contributed by atoms with Crippen LogP contribution in [0.1, 0.15) is 10.4 Å². The molecule has 0 radical (unpaired) electrons. The average molecular weight is 412 g/mol. The largest absolute Gasteiger partial charge is 0.452 e. The molecule has 0 aliphatic rings. The van der Waals surface area contributed by atoms with Crippen LogP contribution in [-0.4, -0.2) is 37.5 Å². The van der Waals surface area contributed by atoms with Crippen LogP contribution in [0.4, 0.5) is 17.1 Å². The molecule has 2 rings (SSSR count). The number of anilines is 2. The molecule has 0 atom stereocenters. The summed E-state index contributed by atoms with van der Waals surface area (Å²) in [5.74, 6) is -1.50. The summed E-state index contributed by atoms with van der Waals surface area (Å²) < 4.78 is 4.90. The predicted octanol–water partition coefficient (Wildman–Crippen LogP) is 3.76. The molecule has 142 valence electrons. The van der Waals surface area contributed by atoms with Crippen molar-refractivity contribution in [1.29, 1.82) is 0 Å². The monoisotopic (exact) mass is 411 g/mol. The Morgan fingerprint density at radius 1 is 1.19 bits per heavy atom. The summed E-state index contributed by atoms with van der Waals surface area (Å²) in [6.45, 7) is -0.592. The Hall–Kier alpha value is -2.84. The van der Waals surface area contributed by atoms with Crippen LogP contribution in [-0.2, 0) is 9.53 Å². The molecule has 0 saturated heterocycles. The number of nitrogens with zero attached hydrogens (tertiary/aromatic N) is 2. The summed E-state index contributed by atoms with van der Waals surface area (Å²) in [5.41, 5.74) is 0.326. The van der Waals surface area contributed by atoms with Crippen LogP contribution in [0.2, 0.25) is 10.0 Å². The number of ether oxygens (including phenoxy) is 1. The Morgan fingerprint density at radius 2 is 1.89 bits per heavy atom. The Balaban J connectivity index is 2.05. The fourth-order valence-corrected chi connectivity index (χ4v) is 2.51. The molecule has 0 aliphatic heterocycles. The summed E-state index contributed by atoms with van der Waals surface area (Å²) in [7, 11) is 3.29. The first-order valence-corrected chi connectivity index (χ1v) is 8.32. The summed E-state index contributed by atoms with van der Waals surface area (Å²) >= 11 is 11.8. The van der Waals surface area contributed by atoms with E-state index >= 15 is 0 Å². The zero-order chi connectivity index (χ0) is 20.1. The van der Waals surface area contributed by atoms with Gasteiger partial charge >= 0.3 is 5.97 Å². The van der Waals surface area contributed by atoms with Gasteiger partial charge in [0.25, 0.3) is 11.6 Å². The molecule has 0 fully saturated rings. The second-order valence-corrected chi connectivity index (χ2v) is 6.45. The zero-order valence-corrected chi connectivity index (χ0v) is 15.9. The van der Waals surface area contributed by atoms with Gasteiger partial charge in [0.05, 0.1) is 21.2 Å². The van der Waals surface area contributed by atoms with Crippen LogP contribution in [0, 0.1) is 10.1 Å². The number of amides is 1. The summed E-state index contributed by atoms with van der Waals surface area (Å²) in [4.78, 5) is 36.1. The van der Waals surface area contributed by atoms with Gasteiger partial charge in [-0.3, -0.25) is 14.9 Å². The Labute approximate surface area is 164 Å². The number of halogens is 2. The lowest BCUT2D eigenvalue weighted by molar-refractivity contribution is -0.384. The smallest absolute Gasteiger partial charge is 0.338 e. The molecule has 1 N–H and O–H groups in total. The van der Waals surface area contributed by atoms with Crippen LogP contribution in [0.3, 0.4) is 0 Å². The van der Waals surface area contributed by atoms with Crippen LogP contribution in [0.5, 0.6) is 0 Å². The maximum absolute atomic E-state index is 12.1. The third-order valence-corrected chi connectivity index (χ3v) is 3.99. The van der Waals surface area contributed by atoms with Gasteiger partial charge < -0.3 is 15.0 Å². The Morgan fingerprint density at radius 3 is 2.52 bits per heavy atom. The number of carbonyl (C=O) groups is 2. The minimum absolute atomic E-state index is 0.0408. The molecule has 0 spiro atoms. The van der Waals surface area contributed by atoms with E-state index in [1.807, 2.05) is 0 Å². The molecule has 0 unspecified atom stereocenters. The van der Waals surface area contributed by atoms with Crippen molar-refractivity contribution in [3.8, 4) is 0 Å². The van der Waals surface area contributed by atoms with Gasteiger partial charge in [-0.2, -0.15) is 0 Å². The Kier molecular flexibility index (Phi) is 6.59. The number of carbonyl (C=O) groups excluding carboxylic acids is 2. The fourth-order valence-electron chi connectivity index (χ4n) is 2.17. The second-order valence-electron chi connectivity index (χ2n) is 5.60. The molecule has 27 heavy (non-hydrogen) atoms. The SMILES string of the molecule is CN(C)c1ccc(C(=O)OCC(=O)Nc2cc(Cl)ccc2Cl)cc1[N+](=O)[O-]. The summed E-state index contributed by atoms with van der Waals surface area (Å²) in [6.07, 6.45) is 0. The molecule has 0 heterocycles. The molecule has 1 amide bonds. The number of hydrogen-bond acceptors (Lipinski definition) is 6. The lowest BCUT2D eigenvalue weighted by atomic mass is 10.1. The molecule has 8 nitrogen and oxygen atoms in total. The zero-order valence-electron chi connectivity index (χ0n) is 14.4. The lowest BCUT2D eigenvalue weighted by Gasteiger charge is -2.13. The molecule has 2 aromatic carbocycles. The van der Waals surface area contributed by atoms with Gasteiger partial charge in [0.2, 0.25) is 0 Å². The quantitative estimate of drug-likeness (QED) is 0.440. The second kappa shape index (κ2) is 8.70. The van der Waals surface area contributed by atoms with Crippen LogP contribution < -0.4 is 10.2 Å². The van der Waals surface area contributed by atoms with E-state index in [2.05, 4.69) is 5.32 Å². The third kappa shape index (κ3) is 5.32. The van der Waals surface area contributed by atoms with E-state index in [4.69, 9.17) is 27.9 Å². The van der Waals surface area contributed by atoms with E-state index in [0.29, 0.717) is 10.7 Å². The minimum Gasteiger partial charge on any atom is -0.452 e. The summed E-state index contributed by atoms with van der Waals surface area (Å²) in [6, 6.07) is 8.44. The first-order valence-electron chi connectivity index (χ1n) is 7.57. The van der Waals surface area contributed by atoms with Gasteiger partial charge in [-0.25, -0.2) is 4.79 Å². The van der Waals surface area contributed by atoms with Crippen molar-refractivity contribution in [2.75, 3.05) is 30.9 Å². The number of hydrogen-bond donors (Lipinski definition) is 1. The highest BCUT2D eigenvalue weighted by Crippen LogP contribution is 2.28. The summed E-state index contributed by atoms with van der Waals surface area (Å²) in [5, 5.41) is 14.3. The molecule has 2 aromatic rings. The molecule has 0 aromatic heterocycles. The number of nitrogens with one attached hydrogen (secondary N) is 1. The van der Waals surface area contributed by atoms with Crippen molar-refractivity contribution >= 4 is 52.1 Å². The molecular weight excluding hydrogens is 397 g/mol. The molecule has 0 aliphatic carbocycles. The predicted molar refractivity (Wildman–Crippen MR) is 103 cm³/mol. The van der Waals surface area contributed by atoms with Crippen LogP contribution >= 0.6 is 23.2 Å². The van der Waals surface area contributed by atoms with Crippen molar-refractivity contribution in [2.45, 2.75) is 0 Å². The minimum atomic E-state index is -0.865. The van der Waals surface area contributed by atoms with Crippen molar-refractivity contribution < 1.29 is 19.2 Å². The van der Waals surface area contributed by atoms with Crippen molar-refractivity contribution in [2.24, 2.45) is 0 Å². The molecule has 0 bridgehead atoms. The van der Waals surface area contributed by atoms with E-state index in [1.54, 1.807) is 25.1 Å². The molecular formula is C17H15Cl2N3O5. The van der Waals surface area contributed by atoms with Crippen LogP contribution in [0.15, 0.2) is 36.4 Å². The Bertz CT molecular complexity index is 902. The standard InChI is InChI=1S/C17H15Cl2N3O5/c1-21(2)14-6-3-10(7-15(14)22(25)26)17(24)27-9-16(23)20-13-8-11(18)4-5-12(13)19/h3-8H,9H2,1-2H3,(H,20,23). The first kappa shape index (κ1) is 20.5. The van der Waals surface area contributed by atoms with E-state index in [0.717, 1.165) is 6.07 Å². The van der Waals surface area contributed by atoms with E-state index in [1.165, 1.54) is 24.3 Å². The van der Waals surface area contributed by atoms with E-state index in [9.17, 15) is 19.7 Å². The number of esters is 1. The highest BCUT2D eigenvalue weighted by Gasteiger charge is 2.20. The van der Waals surface area contributed by atoms with Gasteiger partial charge in [0.15, 0.2) is 6.61 Å². The maximum Gasteiger partial charge on any atom is 0.338 e. The van der Waals surface area contributed by atoms with Gasteiger partial charge in [-0.05, 0) is 30.3 Å². The maximum atomic E-state index is 12.1. The number of rotatable bonds is 6. The van der Waals surface area contributed by atoms with Crippen molar-refractivity contribution in [1.82, 2.24) is 0 Å². The average Bonchev–Trinajstić information content (AvgIpc) is 2.62. The van der Waals surface area contributed by atoms with Crippen molar-refractivity contribution in [3.63, 3.8) is 0 Å². The third-order valence-electron chi connectivity index (χ3n) is 3.43. The van der Waals surface area contributed by atoms with Gasteiger partial charge in [-0.15, -0.1) is 0 Å². The lowest BCUT2D eigenvalue weighted by Crippen LogP contribution is -2.21. The fraction of sp³-hybridized carbons (Fsp3) is 0.176. The van der Waals surface area contributed by atoms with E-state index in [-0.39, 0.29) is 22.0 Å².